The quantitative estimate of drug-likeness (QED) is 0.248. The van der Waals surface area contributed by atoms with Crippen LogP contribution in [0.1, 0.15) is 107 Å². The Labute approximate surface area is 238 Å². The number of hydrogen-bond acceptors (Lipinski definition) is 2. The van der Waals surface area contributed by atoms with Gasteiger partial charge in [0, 0.05) is 0 Å². The molecule has 38 heavy (non-hydrogen) atoms. The minimum absolute atomic E-state index is 0.0458. The van der Waals surface area contributed by atoms with Gasteiger partial charge in [0.05, 0.1) is 12.2 Å². The molecule has 0 spiro atoms. The number of allylic oxidation sites excluding steroid dienone is 5. The molecule has 0 N–H and O–H groups in total. The lowest BCUT2D eigenvalue weighted by Gasteiger charge is -2.46. The average Bonchev–Trinajstić information content (AvgIpc) is 3.11. The second kappa shape index (κ2) is 10.9. The summed E-state index contributed by atoms with van der Waals surface area (Å²) in [7, 11) is -3.89. The van der Waals surface area contributed by atoms with Gasteiger partial charge in [-0.3, -0.25) is 0 Å². The minimum Gasteiger partial charge on any atom is -0.410 e. The fourth-order valence-corrected chi connectivity index (χ4v) is 9.17. The molecule has 0 aromatic carbocycles. The molecule has 3 fully saturated rings. The molecule has 0 saturated heterocycles. The Morgan fingerprint density at radius 1 is 0.868 bits per heavy atom. The highest BCUT2D eigenvalue weighted by atomic mass is 28.4. The third kappa shape index (κ3) is 6.45. The van der Waals surface area contributed by atoms with Crippen molar-refractivity contribution in [2.75, 3.05) is 0 Å². The highest BCUT2D eigenvalue weighted by Crippen LogP contribution is 2.58. The topological polar surface area (TPSA) is 18.5 Å². The molecule has 0 unspecified atom stereocenters. The number of rotatable bonds is 5. The van der Waals surface area contributed by atoms with E-state index in [0.717, 1.165) is 12.8 Å². The second-order valence-electron chi connectivity index (χ2n) is 16.1. The molecule has 0 aromatic heterocycles. The van der Waals surface area contributed by atoms with Crippen LogP contribution in [-0.2, 0) is 8.85 Å². The molecule has 4 atom stereocenters. The van der Waals surface area contributed by atoms with Crippen molar-refractivity contribution >= 4 is 16.6 Å². The van der Waals surface area contributed by atoms with E-state index in [1.54, 1.807) is 16.7 Å². The number of fused-ring (bicyclic) bond motifs is 1. The van der Waals surface area contributed by atoms with Gasteiger partial charge in [0.15, 0.2) is 16.6 Å². The molecule has 0 radical (unpaired) electrons. The summed E-state index contributed by atoms with van der Waals surface area (Å²) in [6, 6.07) is 0. The Hall–Kier alpha value is -0.686. The lowest BCUT2D eigenvalue weighted by Crippen LogP contribution is -2.49. The van der Waals surface area contributed by atoms with Crippen molar-refractivity contribution in [2.24, 2.45) is 11.3 Å². The van der Waals surface area contributed by atoms with Gasteiger partial charge >= 0.3 is 0 Å². The molecule has 0 aliphatic heterocycles. The highest BCUT2D eigenvalue weighted by molar-refractivity contribution is 6.74. The van der Waals surface area contributed by atoms with Gasteiger partial charge in [-0.2, -0.15) is 0 Å². The van der Waals surface area contributed by atoms with Crippen molar-refractivity contribution in [1.82, 2.24) is 0 Å². The molecule has 3 rings (SSSR count). The summed E-state index contributed by atoms with van der Waals surface area (Å²) in [5.41, 5.74) is 7.97. The molecule has 3 aliphatic carbocycles. The third-order valence-electron chi connectivity index (χ3n) is 11.1. The first-order valence-electron chi connectivity index (χ1n) is 15.3. The summed E-state index contributed by atoms with van der Waals surface area (Å²) in [4.78, 5) is 0. The average molecular weight is 557 g/mol. The molecule has 3 saturated carbocycles. The third-order valence-corrected chi connectivity index (χ3v) is 20.1. The van der Waals surface area contributed by atoms with E-state index in [9.17, 15) is 0 Å². The summed E-state index contributed by atoms with van der Waals surface area (Å²) in [6.45, 7) is 35.3. The van der Waals surface area contributed by atoms with Crippen molar-refractivity contribution in [2.45, 2.75) is 156 Å². The first-order chi connectivity index (χ1) is 17.2. The van der Waals surface area contributed by atoms with Crippen LogP contribution in [0.2, 0.25) is 36.3 Å². The van der Waals surface area contributed by atoms with Crippen molar-refractivity contribution in [3.63, 3.8) is 0 Å². The van der Waals surface area contributed by atoms with Crippen molar-refractivity contribution in [3.05, 3.63) is 46.6 Å². The summed E-state index contributed by atoms with van der Waals surface area (Å²) in [5.74, 6) is 0.704. The van der Waals surface area contributed by atoms with Gasteiger partial charge in [0.2, 0.25) is 0 Å². The second-order valence-corrected chi connectivity index (χ2v) is 25.6. The highest BCUT2D eigenvalue weighted by Gasteiger charge is 2.47. The Balaban J connectivity index is 1.94. The molecular weight excluding hydrogens is 497 g/mol. The predicted octanol–water partition coefficient (Wildman–Crippen LogP) is 10.9. The van der Waals surface area contributed by atoms with E-state index in [4.69, 9.17) is 8.85 Å². The van der Waals surface area contributed by atoms with Gasteiger partial charge in [-0.25, -0.2) is 0 Å². The summed E-state index contributed by atoms with van der Waals surface area (Å²) >= 11 is 0. The van der Waals surface area contributed by atoms with E-state index in [1.165, 1.54) is 43.3 Å². The summed E-state index contributed by atoms with van der Waals surface area (Å²) in [5, 5.41) is 0.341. The lowest BCUT2D eigenvalue weighted by molar-refractivity contribution is 0.132. The van der Waals surface area contributed by atoms with Crippen LogP contribution in [0.5, 0.6) is 0 Å². The molecular formula is C34H60O2Si2. The molecule has 3 aliphatic rings. The van der Waals surface area contributed by atoms with Crippen molar-refractivity contribution < 1.29 is 8.85 Å². The Bertz CT molecular complexity index is 952. The van der Waals surface area contributed by atoms with E-state index < -0.39 is 16.6 Å². The van der Waals surface area contributed by atoms with Crippen LogP contribution < -0.4 is 0 Å². The lowest BCUT2D eigenvalue weighted by atomic mass is 9.65. The Kier molecular flexibility index (Phi) is 9.17. The fourth-order valence-electron chi connectivity index (χ4n) is 6.57. The zero-order chi connectivity index (χ0) is 28.9. The predicted molar refractivity (Wildman–Crippen MR) is 172 cm³/mol. The van der Waals surface area contributed by atoms with Crippen LogP contribution in [0.4, 0.5) is 0 Å². The molecule has 4 heteroatoms. The molecule has 0 bridgehead atoms. The van der Waals surface area contributed by atoms with Crippen LogP contribution >= 0.6 is 0 Å². The molecule has 0 heterocycles. The van der Waals surface area contributed by atoms with Crippen molar-refractivity contribution in [1.29, 1.82) is 0 Å². The maximum absolute atomic E-state index is 7.04. The maximum Gasteiger partial charge on any atom is 0.192 e. The molecule has 0 aromatic rings. The van der Waals surface area contributed by atoms with E-state index in [1.807, 2.05) is 0 Å². The van der Waals surface area contributed by atoms with E-state index in [-0.39, 0.29) is 22.3 Å². The van der Waals surface area contributed by atoms with Gasteiger partial charge in [0.1, 0.15) is 0 Å². The van der Waals surface area contributed by atoms with E-state index >= 15 is 0 Å². The van der Waals surface area contributed by atoms with Crippen LogP contribution in [0.15, 0.2) is 46.6 Å². The van der Waals surface area contributed by atoms with Gasteiger partial charge < -0.3 is 8.85 Å². The standard InChI is InChI=1S/C34H60O2Si2/c1-24(2)28-19-20-29-27(16-15-21-34(28,29)10)18-17-26-22-30(35-37(11,12)32(4,5)6)25(3)31(23-26)36-38(13,14)33(7,8)9/h17-18,29-31H,3,15-16,19-23H2,1-2,4-14H3/b26-17?,27-18+/t29-,30-,31+,34+/m0/s1. The zero-order valence-electron chi connectivity index (χ0n) is 27.4. The van der Waals surface area contributed by atoms with E-state index in [2.05, 4.69) is 107 Å². The van der Waals surface area contributed by atoms with Crippen molar-refractivity contribution in [3.8, 4) is 0 Å². The van der Waals surface area contributed by atoms with E-state index in [0.29, 0.717) is 11.3 Å². The zero-order valence-corrected chi connectivity index (χ0v) is 29.4. The summed E-state index contributed by atoms with van der Waals surface area (Å²) < 4.78 is 14.1. The first kappa shape index (κ1) is 31.8. The maximum atomic E-state index is 7.04. The first-order valence-corrected chi connectivity index (χ1v) is 21.1. The Morgan fingerprint density at radius 2 is 1.37 bits per heavy atom. The Morgan fingerprint density at radius 3 is 1.82 bits per heavy atom. The SMILES string of the molecule is C=C1[C@@H](O[Si](C)(C)C(C)(C)C)CC(=C/C=C2\CCC[C@]3(C)C(=C(C)C)CC[C@@H]23)C[C@H]1O[Si](C)(C)C(C)(C)C. The largest absolute Gasteiger partial charge is 0.410 e. The monoisotopic (exact) mass is 556 g/mol. The van der Waals surface area contributed by atoms with Crippen LogP contribution in [0.3, 0.4) is 0 Å². The smallest absolute Gasteiger partial charge is 0.192 e. The van der Waals surface area contributed by atoms with Gasteiger partial charge in [-0.1, -0.05) is 89.5 Å². The van der Waals surface area contributed by atoms with Crippen LogP contribution in [0.25, 0.3) is 0 Å². The summed E-state index contributed by atoms with van der Waals surface area (Å²) in [6.07, 6.45) is 13.5. The van der Waals surface area contributed by atoms with Gasteiger partial charge in [0.25, 0.3) is 0 Å². The van der Waals surface area contributed by atoms with Gasteiger partial charge in [-0.05, 0) is 112 Å². The molecule has 2 nitrogen and oxygen atoms in total. The molecule has 0 amide bonds. The van der Waals surface area contributed by atoms with Crippen LogP contribution in [0, 0.1) is 11.3 Å². The number of hydrogen-bond donors (Lipinski definition) is 0. The van der Waals surface area contributed by atoms with Crippen LogP contribution in [-0.4, -0.2) is 28.8 Å². The minimum atomic E-state index is -1.94. The fraction of sp³-hybridized carbons (Fsp3) is 0.765. The molecule has 216 valence electrons. The van der Waals surface area contributed by atoms with Gasteiger partial charge in [-0.15, -0.1) is 0 Å². The normalized spacial score (nSPS) is 31.8.